The van der Waals surface area contributed by atoms with Crippen LogP contribution in [-0.2, 0) is 6.18 Å². The number of hydrazone groups is 1. The first-order valence-electron chi connectivity index (χ1n) is 7.82. The Hall–Kier alpha value is -2.82. The maximum absolute atomic E-state index is 12.7. The average molecular weight is 462 g/mol. The number of hydrogen-bond donors (Lipinski definition) is 1. The molecule has 0 saturated heterocycles. The number of benzene rings is 2. The summed E-state index contributed by atoms with van der Waals surface area (Å²) in [6.45, 7) is 2.21. The number of rotatable bonds is 7. The molecule has 1 N–H and O–H groups in total. The predicted octanol–water partition coefficient (Wildman–Crippen LogP) is 5.23. The van der Waals surface area contributed by atoms with Gasteiger partial charge in [0.2, 0.25) is 0 Å². The average Bonchev–Trinajstić information content (AvgIpc) is 2.61. The van der Waals surface area contributed by atoms with E-state index in [0.717, 1.165) is 12.1 Å². The molecule has 2 rings (SSSR count). The largest absolute Gasteiger partial charge is 0.492 e. The second-order valence-electron chi connectivity index (χ2n) is 5.32. The monoisotopic (exact) mass is 461 g/mol. The van der Waals surface area contributed by atoms with E-state index >= 15 is 0 Å². The van der Waals surface area contributed by atoms with Crippen molar-refractivity contribution in [2.24, 2.45) is 5.10 Å². The summed E-state index contributed by atoms with van der Waals surface area (Å²) < 4.78 is 49.5. The van der Waals surface area contributed by atoms with E-state index in [1.807, 2.05) is 0 Å². The summed E-state index contributed by atoms with van der Waals surface area (Å²) in [5.74, 6) is 0.951. The molecule has 0 heterocycles. The van der Waals surface area contributed by atoms with Crippen LogP contribution in [0, 0.1) is 10.1 Å². The number of nitro benzene ring substituents is 1. The molecule has 11 heteroatoms. The summed E-state index contributed by atoms with van der Waals surface area (Å²) in [5.41, 5.74) is 0.933. The van der Waals surface area contributed by atoms with Crippen molar-refractivity contribution in [1.82, 2.24) is 0 Å². The Morgan fingerprint density at radius 1 is 1.32 bits per heavy atom. The van der Waals surface area contributed by atoms with Gasteiger partial charge in [0.05, 0.1) is 34.9 Å². The first-order valence-corrected chi connectivity index (χ1v) is 8.61. The molecule has 0 aliphatic rings. The quantitative estimate of drug-likeness (QED) is 0.346. The van der Waals surface area contributed by atoms with Crippen LogP contribution in [-0.4, -0.2) is 24.9 Å². The van der Waals surface area contributed by atoms with E-state index in [-0.39, 0.29) is 5.69 Å². The summed E-state index contributed by atoms with van der Waals surface area (Å²) in [7, 11) is 1.49. The highest BCUT2D eigenvalue weighted by atomic mass is 79.9. The number of halogens is 4. The van der Waals surface area contributed by atoms with E-state index in [0.29, 0.717) is 34.2 Å². The van der Waals surface area contributed by atoms with Crippen LogP contribution in [0.2, 0.25) is 0 Å². The molecule has 0 radical (unpaired) electrons. The molecule has 0 fully saturated rings. The number of anilines is 1. The minimum atomic E-state index is -4.68. The van der Waals surface area contributed by atoms with Crippen molar-refractivity contribution in [2.75, 3.05) is 19.1 Å². The van der Waals surface area contributed by atoms with E-state index in [1.165, 1.54) is 13.3 Å². The van der Waals surface area contributed by atoms with Gasteiger partial charge < -0.3 is 9.47 Å². The maximum Gasteiger partial charge on any atom is 0.416 e. The SMILES string of the molecule is CCOc1cc(/C=N\Nc2ccc(C(F)(F)F)cc2[N+](=O)[O-])cc(Br)c1OC. The van der Waals surface area contributed by atoms with Crippen molar-refractivity contribution in [2.45, 2.75) is 13.1 Å². The van der Waals surface area contributed by atoms with Gasteiger partial charge in [0, 0.05) is 6.07 Å². The van der Waals surface area contributed by atoms with Gasteiger partial charge in [0.25, 0.3) is 5.69 Å². The van der Waals surface area contributed by atoms with Gasteiger partial charge in [-0.2, -0.15) is 18.3 Å². The molecular formula is C17H15BrF3N3O4. The Balaban J connectivity index is 2.28. The van der Waals surface area contributed by atoms with E-state index in [9.17, 15) is 23.3 Å². The van der Waals surface area contributed by atoms with Crippen molar-refractivity contribution >= 4 is 33.5 Å². The van der Waals surface area contributed by atoms with Crippen LogP contribution < -0.4 is 14.9 Å². The number of alkyl halides is 3. The van der Waals surface area contributed by atoms with Crippen molar-refractivity contribution in [3.05, 3.63) is 56.0 Å². The first kappa shape index (κ1) is 21.5. The minimum absolute atomic E-state index is 0.174. The third-order valence-electron chi connectivity index (χ3n) is 3.46. The molecule has 0 amide bonds. The van der Waals surface area contributed by atoms with Gasteiger partial charge in [-0.15, -0.1) is 0 Å². The molecule has 7 nitrogen and oxygen atoms in total. The van der Waals surface area contributed by atoms with Crippen molar-refractivity contribution in [1.29, 1.82) is 0 Å². The molecule has 2 aromatic carbocycles. The first-order chi connectivity index (χ1) is 13.2. The lowest BCUT2D eigenvalue weighted by atomic mass is 10.1. The van der Waals surface area contributed by atoms with Gasteiger partial charge in [-0.25, -0.2) is 0 Å². The molecular weight excluding hydrogens is 447 g/mol. The summed E-state index contributed by atoms with van der Waals surface area (Å²) in [6, 6.07) is 5.46. The summed E-state index contributed by atoms with van der Waals surface area (Å²) in [5, 5.41) is 14.9. The number of ether oxygens (including phenoxy) is 2. The topological polar surface area (TPSA) is 86.0 Å². The molecule has 28 heavy (non-hydrogen) atoms. The van der Waals surface area contributed by atoms with Crippen LogP contribution in [0.3, 0.4) is 0 Å². The number of nitrogens with one attached hydrogen (secondary N) is 1. The zero-order valence-corrected chi connectivity index (χ0v) is 16.3. The van der Waals surface area contributed by atoms with E-state index in [4.69, 9.17) is 9.47 Å². The molecule has 0 aliphatic carbocycles. The minimum Gasteiger partial charge on any atom is -0.492 e. The Labute approximate surface area is 166 Å². The Kier molecular flexibility index (Phi) is 6.84. The second kappa shape index (κ2) is 8.91. The zero-order chi connectivity index (χ0) is 20.9. The van der Waals surface area contributed by atoms with E-state index in [1.54, 1.807) is 19.1 Å². The fraction of sp³-hybridized carbons (Fsp3) is 0.235. The van der Waals surface area contributed by atoms with Gasteiger partial charge in [-0.05, 0) is 52.7 Å². The highest BCUT2D eigenvalue weighted by Crippen LogP contribution is 2.37. The highest BCUT2D eigenvalue weighted by molar-refractivity contribution is 9.10. The predicted molar refractivity (Wildman–Crippen MR) is 101 cm³/mol. The summed E-state index contributed by atoms with van der Waals surface area (Å²) in [6.07, 6.45) is -3.34. The fourth-order valence-corrected chi connectivity index (χ4v) is 2.88. The lowest BCUT2D eigenvalue weighted by Gasteiger charge is -2.12. The Morgan fingerprint density at radius 3 is 2.61 bits per heavy atom. The summed E-state index contributed by atoms with van der Waals surface area (Å²) >= 11 is 3.34. The molecule has 0 spiro atoms. The van der Waals surface area contributed by atoms with Crippen LogP contribution >= 0.6 is 15.9 Å². The van der Waals surface area contributed by atoms with Crippen LogP contribution in [0.1, 0.15) is 18.1 Å². The number of hydrogen-bond acceptors (Lipinski definition) is 6. The van der Waals surface area contributed by atoms with Gasteiger partial charge in [0.1, 0.15) is 5.69 Å². The Bertz CT molecular complexity index is 904. The highest BCUT2D eigenvalue weighted by Gasteiger charge is 2.33. The van der Waals surface area contributed by atoms with E-state index in [2.05, 4.69) is 26.5 Å². The third-order valence-corrected chi connectivity index (χ3v) is 4.05. The molecule has 0 aromatic heterocycles. The van der Waals surface area contributed by atoms with Gasteiger partial charge in [-0.3, -0.25) is 15.5 Å². The fourth-order valence-electron chi connectivity index (χ4n) is 2.25. The van der Waals surface area contributed by atoms with Crippen LogP contribution in [0.4, 0.5) is 24.5 Å². The summed E-state index contributed by atoms with van der Waals surface area (Å²) in [4.78, 5) is 10.2. The molecule has 0 saturated carbocycles. The van der Waals surface area contributed by atoms with Crippen molar-refractivity contribution in [3.63, 3.8) is 0 Å². The second-order valence-corrected chi connectivity index (χ2v) is 6.18. The van der Waals surface area contributed by atoms with Crippen molar-refractivity contribution < 1.29 is 27.6 Å². The van der Waals surface area contributed by atoms with Crippen LogP contribution in [0.5, 0.6) is 11.5 Å². The van der Waals surface area contributed by atoms with Gasteiger partial charge in [0.15, 0.2) is 11.5 Å². The van der Waals surface area contributed by atoms with Crippen molar-refractivity contribution in [3.8, 4) is 11.5 Å². The van der Waals surface area contributed by atoms with Gasteiger partial charge >= 0.3 is 6.18 Å². The molecule has 0 unspecified atom stereocenters. The van der Waals surface area contributed by atoms with Crippen LogP contribution in [0.25, 0.3) is 0 Å². The smallest absolute Gasteiger partial charge is 0.416 e. The lowest BCUT2D eigenvalue weighted by molar-refractivity contribution is -0.384. The molecule has 0 atom stereocenters. The number of methoxy groups -OCH3 is 1. The molecule has 0 aliphatic heterocycles. The molecule has 0 bridgehead atoms. The molecule has 150 valence electrons. The normalized spacial score (nSPS) is 11.5. The van der Waals surface area contributed by atoms with E-state index < -0.39 is 22.4 Å². The lowest BCUT2D eigenvalue weighted by Crippen LogP contribution is -2.06. The standard InChI is InChI=1S/C17H15BrF3N3O4/c1-3-28-15-7-10(6-12(18)16(15)27-2)9-22-23-13-5-4-11(17(19,20)21)8-14(13)24(25)26/h4-9,23H,3H2,1-2H3/b22-9-. The zero-order valence-electron chi connectivity index (χ0n) is 14.7. The maximum atomic E-state index is 12.7. The number of nitro groups is 1. The molecule has 2 aromatic rings. The van der Waals surface area contributed by atoms with Crippen LogP contribution in [0.15, 0.2) is 39.9 Å². The Morgan fingerprint density at radius 2 is 2.04 bits per heavy atom. The van der Waals surface area contributed by atoms with Gasteiger partial charge in [-0.1, -0.05) is 0 Å². The third kappa shape index (κ3) is 5.12. The number of nitrogens with zero attached hydrogens (tertiary/aromatic N) is 2.